The van der Waals surface area contributed by atoms with Crippen molar-refractivity contribution in [1.82, 2.24) is 4.98 Å². The maximum atomic E-state index is 15.1. The topological polar surface area (TPSA) is 139 Å². The second-order valence-electron chi connectivity index (χ2n) is 8.76. The summed E-state index contributed by atoms with van der Waals surface area (Å²) in [5.41, 5.74) is 11.9. The third-order valence-electron chi connectivity index (χ3n) is 6.37. The number of aliphatic imine (C=N–C) groups is 1. The second kappa shape index (κ2) is 11.2. The summed E-state index contributed by atoms with van der Waals surface area (Å²) in [6, 6.07) is 8.42. The average molecular weight is 487 g/mol. The highest BCUT2D eigenvalue weighted by Crippen LogP contribution is 2.28. The van der Waals surface area contributed by atoms with E-state index in [9.17, 15) is 9.59 Å². The van der Waals surface area contributed by atoms with Crippen LogP contribution in [0.4, 0.5) is 20.6 Å². The molecule has 0 atom stereocenters. The van der Waals surface area contributed by atoms with Crippen molar-refractivity contribution in [2.75, 3.05) is 36.0 Å². The Kier molecular flexibility index (Phi) is 7.86. The molecule has 4 rings (SSSR count). The molecule has 3 heterocycles. The fraction of sp³-hybridized carbons (Fsp3) is 0.458. The zero-order valence-corrected chi connectivity index (χ0v) is 19.5. The van der Waals surface area contributed by atoms with Gasteiger partial charge in [0, 0.05) is 44.0 Å². The quantitative estimate of drug-likeness (QED) is 0.417. The van der Waals surface area contributed by atoms with Crippen LogP contribution in [0.3, 0.4) is 0 Å². The van der Waals surface area contributed by atoms with Gasteiger partial charge in [0.25, 0.3) is 0 Å². The summed E-state index contributed by atoms with van der Waals surface area (Å²) in [5.74, 6) is -0.826. The van der Waals surface area contributed by atoms with Crippen molar-refractivity contribution in [3.05, 3.63) is 58.3 Å². The van der Waals surface area contributed by atoms with E-state index in [1.165, 1.54) is 0 Å². The first-order valence-corrected chi connectivity index (χ1v) is 11.8. The van der Waals surface area contributed by atoms with Crippen molar-refractivity contribution in [2.45, 2.75) is 44.5 Å². The summed E-state index contributed by atoms with van der Waals surface area (Å²) >= 11 is 0. The molecule has 2 fully saturated rings. The second-order valence-corrected chi connectivity index (χ2v) is 8.76. The Labute approximate surface area is 202 Å². The number of H-pyrrole nitrogens is 1. The summed E-state index contributed by atoms with van der Waals surface area (Å²) in [6.07, 6.45) is 4.60. The molecule has 0 aliphatic carbocycles. The third-order valence-corrected chi connectivity index (χ3v) is 6.37. The van der Waals surface area contributed by atoms with Crippen molar-refractivity contribution in [3.63, 3.8) is 0 Å². The molecule has 35 heavy (non-hydrogen) atoms. The molecule has 1 aromatic carbocycles. The standard InChI is InChI=1S/C24H31FN6O4/c25-22-16(15-34-24(33)29-23(26)27)2-1-3-20(22)31-12-8-19(9-13-31)35-18-6-10-30(11-7-18)17-4-5-21(32)28-14-17/h1-5,14,18-19H,6-13,15H2,(H,28,32)(H4,26,27,29,33). The van der Waals surface area contributed by atoms with Crippen LogP contribution < -0.4 is 26.8 Å². The van der Waals surface area contributed by atoms with E-state index in [1.807, 2.05) is 11.0 Å². The minimum Gasteiger partial charge on any atom is -0.443 e. The van der Waals surface area contributed by atoms with E-state index < -0.39 is 17.9 Å². The highest BCUT2D eigenvalue weighted by molar-refractivity contribution is 5.87. The van der Waals surface area contributed by atoms with Gasteiger partial charge in [-0.15, -0.1) is 4.99 Å². The monoisotopic (exact) mass is 486 g/mol. The van der Waals surface area contributed by atoms with E-state index >= 15 is 4.39 Å². The number of halogens is 1. The number of pyridine rings is 1. The number of nitrogens with zero attached hydrogens (tertiary/aromatic N) is 3. The Morgan fingerprint density at radius 2 is 1.69 bits per heavy atom. The predicted octanol–water partition coefficient (Wildman–Crippen LogP) is 2.08. The van der Waals surface area contributed by atoms with E-state index in [4.69, 9.17) is 20.9 Å². The van der Waals surface area contributed by atoms with Gasteiger partial charge in [-0.25, -0.2) is 9.18 Å². The lowest BCUT2D eigenvalue weighted by Crippen LogP contribution is -2.42. The summed E-state index contributed by atoms with van der Waals surface area (Å²) in [6.45, 7) is 2.85. The van der Waals surface area contributed by atoms with Crippen LogP contribution in [-0.4, -0.2) is 55.4 Å². The van der Waals surface area contributed by atoms with Gasteiger partial charge in [0.2, 0.25) is 5.56 Å². The van der Waals surface area contributed by atoms with E-state index in [0.717, 1.165) is 44.5 Å². The van der Waals surface area contributed by atoms with Gasteiger partial charge in [-0.2, -0.15) is 0 Å². The van der Waals surface area contributed by atoms with E-state index in [2.05, 4.69) is 14.9 Å². The smallest absolute Gasteiger partial charge is 0.437 e. The molecule has 2 saturated heterocycles. The first kappa shape index (κ1) is 24.5. The number of benzene rings is 1. The van der Waals surface area contributed by atoms with Crippen molar-refractivity contribution >= 4 is 23.4 Å². The zero-order chi connectivity index (χ0) is 24.8. The van der Waals surface area contributed by atoms with E-state index in [-0.39, 0.29) is 29.9 Å². The van der Waals surface area contributed by atoms with Gasteiger partial charge in [0.15, 0.2) is 11.8 Å². The first-order valence-electron chi connectivity index (χ1n) is 11.8. The third kappa shape index (κ3) is 6.50. The highest BCUT2D eigenvalue weighted by atomic mass is 19.1. The van der Waals surface area contributed by atoms with Crippen LogP contribution in [0.5, 0.6) is 0 Å². The zero-order valence-electron chi connectivity index (χ0n) is 19.5. The van der Waals surface area contributed by atoms with Crippen LogP contribution in [0, 0.1) is 5.82 Å². The lowest BCUT2D eigenvalue weighted by atomic mass is 10.0. The number of aromatic amines is 1. The van der Waals surface area contributed by atoms with Crippen LogP contribution in [0.2, 0.25) is 0 Å². The van der Waals surface area contributed by atoms with Crippen molar-refractivity contribution in [1.29, 1.82) is 0 Å². The van der Waals surface area contributed by atoms with Crippen molar-refractivity contribution < 1.29 is 18.7 Å². The summed E-state index contributed by atoms with van der Waals surface area (Å²) < 4.78 is 26.4. The number of nitrogens with two attached hydrogens (primary N) is 2. The number of rotatable bonds is 6. The molecule has 2 aliphatic heterocycles. The Balaban J connectivity index is 1.25. The van der Waals surface area contributed by atoms with Crippen LogP contribution >= 0.6 is 0 Å². The molecular formula is C24H31FN6O4. The Hall–Kier alpha value is -3.60. The largest absolute Gasteiger partial charge is 0.443 e. The van der Waals surface area contributed by atoms with Gasteiger partial charge in [-0.1, -0.05) is 12.1 Å². The minimum absolute atomic E-state index is 0.101. The molecule has 0 radical (unpaired) electrons. The molecule has 2 aromatic rings. The molecule has 1 amide bonds. The molecule has 188 valence electrons. The molecule has 1 aromatic heterocycles. The number of carbonyl (C=O) groups is 1. The number of amides is 1. The fourth-order valence-electron chi connectivity index (χ4n) is 4.55. The highest BCUT2D eigenvalue weighted by Gasteiger charge is 2.27. The maximum Gasteiger partial charge on any atom is 0.437 e. The molecule has 5 N–H and O–H groups in total. The molecule has 2 aliphatic rings. The summed E-state index contributed by atoms with van der Waals surface area (Å²) in [7, 11) is 0. The lowest BCUT2D eigenvalue weighted by molar-refractivity contribution is -0.0338. The lowest BCUT2D eigenvalue weighted by Gasteiger charge is -2.38. The van der Waals surface area contributed by atoms with Crippen LogP contribution in [0.15, 0.2) is 46.3 Å². The van der Waals surface area contributed by atoms with Crippen molar-refractivity contribution in [2.24, 2.45) is 16.5 Å². The number of nitrogens with one attached hydrogen (secondary N) is 1. The Morgan fingerprint density at radius 1 is 1.03 bits per heavy atom. The SMILES string of the molecule is NC(N)=NC(=O)OCc1cccc(N2CCC(OC3CCN(c4ccc(=O)[nH]c4)CC3)CC2)c1F. The average Bonchev–Trinajstić information content (AvgIpc) is 2.85. The van der Waals surface area contributed by atoms with Crippen molar-refractivity contribution in [3.8, 4) is 0 Å². The molecule has 0 spiro atoms. The number of piperidine rings is 2. The summed E-state index contributed by atoms with van der Waals surface area (Å²) in [5, 5.41) is 0. The normalized spacial score (nSPS) is 17.3. The first-order chi connectivity index (χ1) is 16.9. The van der Waals surface area contributed by atoms with Gasteiger partial charge < -0.3 is 35.7 Å². The molecule has 0 bridgehead atoms. The number of ether oxygens (including phenoxy) is 2. The molecule has 10 nitrogen and oxygen atoms in total. The van der Waals surface area contributed by atoms with Gasteiger partial charge in [-0.3, -0.25) is 4.79 Å². The number of anilines is 2. The van der Waals surface area contributed by atoms with Crippen LogP contribution in [-0.2, 0) is 16.1 Å². The van der Waals surface area contributed by atoms with E-state index in [0.29, 0.717) is 18.8 Å². The molecule has 11 heteroatoms. The van der Waals surface area contributed by atoms with Gasteiger partial charge >= 0.3 is 6.09 Å². The fourth-order valence-corrected chi connectivity index (χ4v) is 4.55. The minimum atomic E-state index is -0.961. The Morgan fingerprint density at radius 3 is 2.29 bits per heavy atom. The molecule has 0 saturated carbocycles. The van der Waals surface area contributed by atoms with Gasteiger partial charge in [0.05, 0.1) is 23.6 Å². The maximum absolute atomic E-state index is 15.1. The number of aromatic nitrogens is 1. The molecule has 0 unspecified atom stereocenters. The van der Waals surface area contributed by atoms with Crippen LogP contribution in [0.1, 0.15) is 31.2 Å². The number of carbonyl (C=O) groups excluding carboxylic acids is 1. The summed E-state index contributed by atoms with van der Waals surface area (Å²) in [4.78, 5) is 33.0. The Bertz CT molecular complexity index is 1080. The number of hydrogen-bond acceptors (Lipinski definition) is 6. The number of guanidine groups is 1. The number of hydrogen-bond donors (Lipinski definition) is 3. The van der Waals surface area contributed by atoms with E-state index in [1.54, 1.807) is 30.5 Å². The van der Waals surface area contributed by atoms with Crippen LogP contribution in [0.25, 0.3) is 0 Å². The van der Waals surface area contributed by atoms with Gasteiger partial charge in [-0.05, 0) is 37.8 Å². The predicted molar refractivity (Wildman–Crippen MR) is 131 cm³/mol. The van der Waals surface area contributed by atoms with Gasteiger partial charge in [0.1, 0.15) is 6.61 Å². The molecular weight excluding hydrogens is 455 g/mol.